The molecule has 0 aliphatic heterocycles. The molecular weight excluding hydrogens is 258 g/mol. The predicted octanol–water partition coefficient (Wildman–Crippen LogP) is 4.24. The fourth-order valence-corrected chi connectivity index (χ4v) is 2.23. The molecular formula is C18H17N3. The first-order valence-corrected chi connectivity index (χ1v) is 7.09. The van der Waals surface area contributed by atoms with E-state index in [2.05, 4.69) is 63.8 Å². The van der Waals surface area contributed by atoms with E-state index in [1.54, 1.807) is 6.20 Å². The lowest BCUT2D eigenvalue weighted by atomic mass is 10.0. The van der Waals surface area contributed by atoms with Crippen molar-refractivity contribution in [2.24, 2.45) is 0 Å². The van der Waals surface area contributed by atoms with Crippen LogP contribution in [-0.4, -0.2) is 16.5 Å². The molecule has 1 heterocycles. The van der Waals surface area contributed by atoms with E-state index in [1.165, 1.54) is 11.1 Å². The highest BCUT2D eigenvalue weighted by atomic mass is 15.1. The van der Waals surface area contributed by atoms with Crippen LogP contribution in [0.4, 0.5) is 5.95 Å². The maximum absolute atomic E-state index is 4.51. The van der Waals surface area contributed by atoms with Crippen molar-refractivity contribution in [2.45, 2.75) is 6.92 Å². The van der Waals surface area contributed by atoms with E-state index in [4.69, 9.17) is 0 Å². The van der Waals surface area contributed by atoms with Crippen molar-refractivity contribution in [1.29, 1.82) is 0 Å². The van der Waals surface area contributed by atoms with Gasteiger partial charge in [0.25, 0.3) is 0 Å². The Kier molecular flexibility index (Phi) is 3.92. The molecule has 0 unspecified atom stereocenters. The van der Waals surface area contributed by atoms with Gasteiger partial charge in [0, 0.05) is 18.3 Å². The predicted molar refractivity (Wildman–Crippen MR) is 87.1 cm³/mol. The van der Waals surface area contributed by atoms with Gasteiger partial charge in [0.05, 0.1) is 5.69 Å². The van der Waals surface area contributed by atoms with Crippen LogP contribution in [0.3, 0.4) is 0 Å². The summed E-state index contributed by atoms with van der Waals surface area (Å²) in [6, 6.07) is 20.7. The molecule has 0 aliphatic rings. The zero-order valence-corrected chi connectivity index (χ0v) is 12.0. The Balaban J connectivity index is 1.89. The quantitative estimate of drug-likeness (QED) is 0.773. The summed E-state index contributed by atoms with van der Waals surface area (Å²) in [6.45, 7) is 2.85. The molecule has 1 N–H and O–H groups in total. The molecule has 3 rings (SSSR count). The summed E-state index contributed by atoms with van der Waals surface area (Å²) in [5, 5.41) is 3.13. The van der Waals surface area contributed by atoms with Gasteiger partial charge in [-0.15, -0.1) is 0 Å². The van der Waals surface area contributed by atoms with Crippen molar-refractivity contribution in [3.05, 3.63) is 66.9 Å². The van der Waals surface area contributed by atoms with Gasteiger partial charge in [0.15, 0.2) is 0 Å². The molecule has 21 heavy (non-hydrogen) atoms. The van der Waals surface area contributed by atoms with Crippen LogP contribution in [0.25, 0.3) is 22.4 Å². The minimum absolute atomic E-state index is 0.669. The lowest BCUT2D eigenvalue weighted by molar-refractivity contribution is 1.09. The van der Waals surface area contributed by atoms with Crippen molar-refractivity contribution in [3.63, 3.8) is 0 Å². The van der Waals surface area contributed by atoms with Gasteiger partial charge in [-0.05, 0) is 24.1 Å². The maximum atomic E-state index is 4.51. The van der Waals surface area contributed by atoms with Crippen LogP contribution in [-0.2, 0) is 0 Å². The van der Waals surface area contributed by atoms with Crippen molar-refractivity contribution >= 4 is 5.95 Å². The van der Waals surface area contributed by atoms with E-state index in [9.17, 15) is 0 Å². The summed E-state index contributed by atoms with van der Waals surface area (Å²) in [4.78, 5) is 8.71. The van der Waals surface area contributed by atoms with Gasteiger partial charge >= 0.3 is 0 Å². The molecule has 0 spiro atoms. The Hall–Kier alpha value is -2.68. The summed E-state index contributed by atoms with van der Waals surface area (Å²) >= 11 is 0. The fourth-order valence-electron chi connectivity index (χ4n) is 2.23. The Morgan fingerprint density at radius 2 is 1.48 bits per heavy atom. The number of nitrogens with zero attached hydrogens (tertiary/aromatic N) is 2. The lowest BCUT2D eigenvalue weighted by Gasteiger charge is -2.06. The van der Waals surface area contributed by atoms with Crippen LogP contribution >= 0.6 is 0 Å². The molecule has 3 nitrogen and oxygen atoms in total. The first-order chi connectivity index (χ1) is 10.4. The highest BCUT2D eigenvalue weighted by Gasteiger charge is 2.02. The average molecular weight is 275 g/mol. The van der Waals surface area contributed by atoms with Crippen LogP contribution in [0, 0.1) is 0 Å². The molecule has 0 saturated heterocycles. The summed E-state index contributed by atoms with van der Waals surface area (Å²) < 4.78 is 0. The summed E-state index contributed by atoms with van der Waals surface area (Å²) in [7, 11) is 0. The van der Waals surface area contributed by atoms with Crippen molar-refractivity contribution in [3.8, 4) is 22.4 Å². The molecule has 2 aromatic carbocycles. The van der Waals surface area contributed by atoms with E-state index in [1.807, 2.05) is 19.1 Å². The molecule has 0 bridgehead atoms. The molecule has 1 aromatic heterocycles. The van der Waals surface area contributed by atoms with E-state index in [0.717, 1.165) is 17.8 Å². The number of benzene rings is 2. The zero-order chi connectivity index (χ0) is 14.5. The summed E-state index contributed by atoms with van der Waals surface area (Å²) in [5.41, 5.74) is 4.46. The van der Waals surface area contributed by atoms with Crippen LogP contribution in [0.1, 0.15) is 6.92 Å². The second kappa shape index (κ2) is 6.18. The van der Waals surface area contributed by atoms with Crippen molar-refractivity contribution in [2.75, 3.05) is 11.9 Å². The topological polar surface area (TPSA) is 37.8 Å². The smallest absolute Gasteiger partial charge is 0.223 e. The number of aromatic nitrogens is 2. The van der Waals surface area contributed by atoms with E-state index in [-0.39, 0.29) is 0 Å². The van der Waals surface area contributed by atoms with Crippen LogP contribution in [0.2, 0.25) is 0 Å². The highest BCUT2D eigenvalue weighted by Crippen LogP contribution is 2.23. The van der Waals surface area contributed by atoms with Crippen LogP contribution in [0.5, 0.6) is 0 Å². The van der Waals surface area contributed by atoms with Crippen LogP contribution in [0.15, 0.2) is 66.9 Å². The second-order valence-corrected chi connectivity index (χ2v) is 4.74. The SMILES string of the molecule is CCNc1nccc(-c2ccc(-c3ccccc3)cc2)n1. The number of rotatable bonds is 4. The first-order valence-electron chi connectivity index (χ1n) is 7.09. The van der Waals surface area contributed by atoms with Gasteiger partial charge in [0.1, 0.15) is 0 Å². The monoisotopic (exact) mass is 275 g/mol. The van der Waals surface area contributed by atoms with E-state index < -0.39 is 0 Å². The Bertz CT molecular complexity index is 706. The van der Waals surface area contributed by atoms with E-state index >= 15 is 0 Å². The molecule has 0 saturated carbocycles. The Labute approximate surface area is 124 Å². The van der Waals surface area contributed by atoms with E-state index in [0.29, 0.717) is 5.95 Å². The standard InChI is InChI=1S/C18H17N3/c1-2-19-18-20-13-12-17(21-18)16-10-8-15(9-11-16)14-6-4-3-5-7-14/h3-13H,2H2,1H3,(H,19,20,21). The second-order valence-electron chi connectivity index (χ2n) is 4.74. The minimum atomic E-state index is 0.669. The number of anilines is 1. The molecule has 0 atom stereocenters. The normalized spacial score (nSPS) is 10.3. The lowest BCUT2D eigenvalue weighted by Crippen LogP contribution is -2.02. The Morgan fingerprint density at radius 3 is 2.19 bits per heavy atom. The van der Waals surface area contributed by atoms with Gasteiger partial charge in [-0.1, -0.05) is 54.6 Å². The van der Waals surface area contributed by atoms with Gasteiger partial charge in [0.2, 0.25) is 5.95 Å². The molecule has 0 fully saturated rings. The summed E-state index contributed by atoms with van der Waals surface area (Å²) in [6.07, 6.45) is 1.78. The van der Waals surface area contributed by atoms with Gasteiger partial charge < -0.3 is 5.32 Å². The largest absolute Gasteiger partial charge is 0.354 e. The van der Waals surface area contributed by atoms with Crippen molar-refractivity contribution < 1.29 is 0 Å². The highest BCUT2D eigenvalue weighted by molar-refractivity contribution is 5.68. The number of hydrogen-bond donors (Lipinski definition) is 1. The molecule has 3 heteroatoms. The molecule has 3 aromatic rings. The third-order valence-corrected chi connectivity index (χ3v) is 3.28. The van der Waals surface area contributed by atoms with Crippen molar-refractivity contribution in [1.82, 2.24) is 9.97 Å². The summed E-state index contributed by atoms with van der Waals surface area (Å²) in [5.74, 6) is 0.669. The minimum Gasteiger partial charge on any atom is -0.354 e. The van der Waals surface area contributed by atoms with Crippen LogP contribution < -0.4 is 5.32 Å². The average Bonchev–Trinajstić information content (AvgIpc) is 2.56. The Morgan fingerprint density at radius 1 is 0.810 bits per heavy atom. The third-order valence-electron chi connectivity index (χ3n) is 3.28. The maximum Gasteiger partial charge on any atom is 0.223 e. The number of nitrogens with one attached hydrogen (secondary N) is 1. The molecule has 104 valence electrons. The zero-order valence-electron chi connectivity index (χ0n) is 12.0. The molecule has 0 aliphatic carbocycles. The number of hydrogen-bond acceptors (Lipinski definition) is 3. The fraction of sp³-hybridized carbons (Fsp3) is 0.111. The van der Waals surface area contributed by atoms with Gasteiger partial charge in [-0.2, -0.15) is 0 Å². The van der Waals surface area contributed by atoms with Gasteiger partial charge in [-0.3, -0.25) is 0 Å². The molecule has 0 radical (unpaired) electrons. The molecule has 0 amide bonds. The van der Waals surface area contributed by atoms with Gasteiger partial charge in [-0.25, -0.2) is 9.97 Å². The first kappa shape index (κ1) is 13.3. The third kappa shape index (κ3) is 3.08.